The Balaban J connectivity index is 2.07. The summed E-state index contributed by atoms with van der Waals surface area (Å²) in [5.41, 5.74) is 9.66. The first-order chi connectivity index (χ1) is 8.15. The highest BCUT2D eigenvalue weighted by molar-refractivity contribution is 9.10. The third-order valence-corrected chi connectivity index (χ3v) is 3.44. The van der Waals surface area contributed by atoms with Gasteiger partial charge in [0.25, 0.3) is 0 Å². The van der Waals surface area contributed by atoms with Crippen molar-refractivity contribution in [3.05, 3.63) is 34.1 Å². The maximum absolute atomic E-state index is 5.99. The number of rotatable bonds is 1. The van der Waals surface area contributed by atoms with Gasteiger partial charge in [0.1, 0.15) is 5.82 Å². The second-order valence-electron chi connectivity index (χ2n) is 4.13. The maximum Gasteiger partial charge on any atom is 0.140 e. The van der Waals surface area contributed by atoms with E-state index in [1.165, 1.54) is 0 Å². The zero-order valence-corrected chi connectivity index (χ0v) is 10.9. The number of hydrogen-bond donors (Lipinski definition) is 2. The van der Waals surface area contributed by atoms with Crippen LogP contribution in [0.1, 0.15) is 24.4 Å². The molecule has 1 aliphatic rings. The monoisotopic (exact) mass is 293 g/mol. The molecule has 2 heterocycles. The fourth-order valence-electron chi connectivity index (χ4n) is 2.03. The molecule has 0 radical (unpaired) electrons. The summed E-state index contributed by atoms with van der Waals surface area (Å²) in [5.74, 6) is 0.815. The number of aromatic nitrogens is 2. The molecule has 3 N–H and O–H groups in total. The van der Waals surface area contributed by atoms with Gasteiger partial charge in [-0.2, -0.15) is 0 Å². The van der Waals surface area contributed by atoms with Gasteiger partial charge in [0.05, 0.1) is 24.1 Å². The Morgan fingerprint density at radius 2 is 2.35 bits per heavy atom. The van der Waals surface area contributed by atoms with Crippen LogP contribution in [0, 0.1) is 0 Å². The molecule has 1 atom stereocenters. The molecule has 88 valence electrons. The molecule has 0 aliphatic carbocycles. The first-order valence-corrected chi connectivity index (χ1v) is 6.20. The molecular formula is C12H12BrN3O. The molecule has 0 saturated carbocycles. The summed E-state index contributed by atoms with van der Waals surface area (Å²) in [6, 6.07) is 5.79. The van der Waals surface area contributed by atoms with Crippen molar-refractivity contribution in [1.82, 2.24) is 9.97 Å². The van der Waals surface area contributed by atoms with Gasteiger partial charge in [-0.1, -0.05) is 15.9 Å². The number of fused-ring (bicyclic) bond motifs is 1. The van der Waals surface area contributed by atoms with E-state index in [1.807, 2.05) is 25.1 Å². The molecule has 1 aromatic heterocycles. The smallest absolute Gasteiger partial charge is 0.140 e. The topological polar surface area (TPSA) is 63.9 Å². The number of benzene rings is 1. The molecule has 4 nitrogen and oxygen atoms in total. The summed E-state index contributed by atoms with van der Waals surface area (Å²) in [6.07, 6.45) is 0.0617. The predicted molar refractivity (Wildman–Crippen MR) is 69.3 cm³/mol. The Morgan fingerprint density at radius 1 is 1.53 bits per heavy atom. The summed E-state index contributed by atoms with van der Waals surface area (Å²) in [5, 5.41) is 0. The fourth-order valence-corrected chi connectivity index (χ4v) is 2.41. The van der Waals surface area contributed by atoms with Crippen LogP contribution in [0.5, 0.6) is 0 Å². The fraction of sp³-hybridized carbons (Fsp3) is 0.250. The van der Waals surface area contributed by atoms with Gasteiger partial charge in [-0.25, -0.2) is 4.98 Å². The predicted octanol–water partition coefficient (Wildman–Crippen LogP) is 3.01. The van der Waals surface area contributed by atoms with E-state index in [0.717, 1.165) is 27.2 Å². The van der Waals surface area contributed by atoms with Crippen LogP contribution in [0.25, 0.3) is 11.4 Å². The number of halogens is 1. The van der Waals surface area contributed by atoms with Crippen LogP contribution in [0.2, 0.25) is 0 Å². The van der Waals surface area contributed by atoms with Crippen molar-refractivity contribution in [3.63, 3.8) is 0 Å². The van der Waals surface area contributed by atoms with Crippen LogP contribution in [0.4, 0.5) is 5.69 Å². The van der Waals surface area contributed by atoms with Crippen molar-refractivity contribution in [2.24, 2.45) is 0 Å². The van der Waals surface area contributed by atoms with Crippen LogP contribution in [-0.4, -0.2) is 9.97 Å². The quantitative estimate of drug-likeness (QED) is 0.795. The lowest BCUT2D eigenvalue weighted by Crippen LogP contribution is -1.94. The van der Waals surface area contributed by atoms with Gasteiger partial charge in [0.15, 0.2) is 0 Å². The number of nitrogen functional groups attached to an aromatic ring is 1. The molecule has 1 unspecified atom stereocenters. The van der Waals surface area contributed by atoms with Crippen molar-refractivity contribution < 1.29 is 4.74 Å². The summed E-state index contributed by atoms with van der Waals surface area (Å²) in [7, 11) is 0. The lowest BCUT2D eigenvalue weighted by molar-refractivity contribution is 0.0762. The number of hydrogen-bond acceptors (Lipinski definition) is 3. The Bertz CT molecular complexity index is 579. The second-order valence-corrected chi connectivity index (χ2v) is 5.05. The largest absolute Gasteiger partial charge is 0.398 e. The molecule has 5 heteroatoms. The van der Waals surface area contributed by atoms with Crippen molar-refractivity contribution in [2.75, 3.05) is 5.73 Å². The molecule has 17 heavy (non-hydrogen) atoms. The van der Waals surface area contributed by atoms with Crippen LogP contribution >= 0.6 is 15.9 Å². The number of nitrogens with one attached hydrogen (secondary N) is 1. The van der Waals surface area contributed by atoms with Crippen molar-refractivity contribution in [3.8, 4) is 11.4 Å². The minimum absolute atomic E-state index is 0.0617. The highest BCUT2D eigenvalue weighted by atomic mass is 79.9. The normalized spacial score (nSPS) is 18.4. The molecular weight excluding hydrogens is 282 g/mol. The lowest BCUT2D eigenvalue weighted by Gasteiger charge is -2.04. The number of nitrogens with two attached hydrogens (primary N) is 1. The minimum Gasteiger partial charge on any atom is -0.398 e. The number of anilines is 1. The average Bonchev–Trinajstić information content (AvgIpc) is 2.81. The molecule has 1 aliphatic heterocycles. The van der Waals surface area contributed by atoms with Gasteiger partial charge in [-0.15, -0.1) is 0 Å². The highest BCUT2D eigenvalue weighted by Crippen LogP contribution is 2.33. The number of H-pyrrole nitrogens is 1. The third-order valence-electron chi connectivity index (χ3n) is 2.94. The van der Waals surface area contributed by atoms with Gasteiger partial charge >= 0.3 is 0 Å². The van der Waals surface area contributed by atoms with Gasteiger partial charge in [-0.05, 0) is 25.1 Å². The Kier molecular flexibility index (Phi) is 2.45. The van der Waals surface area contributed by atoms with Crippen molar-refractivity contribution >= 4 is 21.6 Å². The van der Waals surface area contributed by atoms with E-state index in [1.54, 1.807) is 0 Å². The molecule has 1 aromatic carbocycles. The Morgan fingerprint density at radius 3 is 3.06 bits per heavy atom. The van der Waals surface area contributed by atoms with E-state index in [4.69, 9.17) is 10.5 Å². The standard InChI is InChI=1S/C12H12BrN3O/c1-6-11-10(5-17-6)15-12(16-11)8-3-2-7(13)4-9(8)14/h2-4,6H,5,14H2,1H3,(H,15,16). The number of imidazole rings is 1. The number of ether oxygens (including phenoxy) is 1. The van der Waals surface area contributed by atoms with Crippen LogP contribution in [-0.2, 0) is 11.3 Å². The molecule has 0 fully saturated rings. The first-order valence-electron chi connectivity index (χ1n) is 5.41. The first kappa shape index (κ1) is 10.8. The van der Waals surface area contributed by atoms with Crippen molar-refractivity contribution in [1.29, 1.82) is 0 Å². The second kappa shape index (κ2) is 3.85. The summed E-state index contributed by atoms with van der Waals surface area (Å²) in [6.45, 7) is 2.60. The van der Waals surface area contributed by atoms with Crippen LogP contribution in [0.3, 0.4) is 0 Å². The molecule has 0 amide bonds. The van der Waals surface area contributed by atoms with E-state index in [-0.39, 0.29) is 6.10 Å². The Labute approximate surface area is 107 Å². The molecule has 0 saturated heterocycles. The zero-order chi connectivity index (χ0) is 12.0. The molecule has 2 aromatic rings. The molecule has 0 spiro atoms. The van der Waals surface area contributed by atoms with Gasteiger partial charge < -0.3 is 15.5 Å². The third kappa shape index (κ3) is 1.75. The minimum atomic E-state index is 0.0617. The van der Waals surface area contributed by atoms with E-state index < -0.39 is 0 Å². The van der Waals surface area contributed by atoms with Gasteiger partial charge in [-0.3, -0.25) is 0 Å². The van der Waals surface area contributed by atoms with Gasteiger partial charge in [0, 0.05) is 15.7 Å². The molecule has 3 rings (SSSR count). The van der Waals surface area contributed by atoms with Crippen LogP contribution in [0.15, 0.2) is 22.7 Å². The van der Waals surface area contributed by atoms with Crippen molar-refractivity contribution in [2.45, 2.75) is 19.6 Å². The van der Waals surface area contributed by atoms with Crippen LogP contribution < -0.4 is 5.73 Å². The Hall–Kier alpha value is -1.33. The van der Waals surface area contributed by atoms with Gasteiger partial charge in [0.2, 0.25) is 0 Å². The maximum atomic E-state index is 5.99. The SMILES string of the molecule is CC1OCc2[nH]c(-c3ccc(Br)cc3N)nc21. The van der Waals surface area contributed by atoms with E-state index >= 15 is 0 Å². The summed E-state index contributed by atoms with van der Waals surface area (Å²) < 4.78 is 6.44. The summed E-state index contributed by atoms with van der Waals surface area (Å²) in [4.78, 5) is 7.83. The lowest BCUT2D eigenvalue weighted by atomic mass is 10.2. The zero-order valence-electron chi connectivity index (χ0n) is 9.33. The highest BCUT2D eigenvalue weighted by Gasteiger charge is 2.24. The van der Waals surface area contributed by atoms with E-state index in [2.05, 4.69) is 25.9 Å². The average molecular weight is 294 g/mol. The molecule has 0 bridgehead atoms. The number of aromatic amines is 1. The number of nitrogens with zero attached hydrogens (tertiary/aromatic N) is 1. The van der Waals surface area contributed by atoms with E-state index in [0.29, 0.717) is 12.3 Å². The van der Waals surface area contributed by atoms with E-state index in [9.17, 15) is 0 Å². The summed E-state index contributed by atoms with van der Waals surface area (Å²) >= 11 is 3.39.